The van der Waals surface area contributed by atoms with Gasteiger partial charge in [-0.05, 0) is 37.8 Å². The molecule has 0 aromatic heterocycles. The van der Waals surface area contributed by atoms with Gasteiger partial charge in [-0.15, -0.1) is 6.58 Å². The van der Waals surface area contributed by atoms with Crippen molar-refractivity contribution in [2.45, 2.75) is 31.7 Å². The van der Waals surface area contributed by atoms with Crippen LogP contribution in [0.2, 0.25) is 5.02 Å². The molecule has 0 fully saturated rings. The normalized spacial score (nSPS) is 12.4. The predicted octanol–water partition coefficient (Wildman–Crippen LogP) is 3.21. The fourth-order valence-corrected chi connectivity index (χ4v) is 1.97. The summed E-state index contributed by atoms with van der Waals surface area (Å²) < 4.78 is 13.6. The first-order valence-corrected chi connectivity index (χ1v) is 6.06. The Bertz CT molecular complexity index is 348. The Hall–Kier alpha value is -0.900. The van der Waals surface area contributed by atoms with Crippen LogP contribution in [-0.4, -0.2) is 6.04 Å². The average Bonchev–Trinajstić information content (AvgIpc) is 2.32. The van der Waals surface area contributed by atoms with Crippen LogP contribution in [-0.2, 0) is 6.42 Å². The molecule has 0 saturated heterocycles. The van der Waals surface area contributed by atoms with E-state index in [2.05, 4.69) is 12.0 Å². The SMILES string of the molecule is C=CCCCC(Cc1c(F)cccc1Cl)NN. The number of unbranched alkanes of at least 4 members (excludes halogenated alkanes) is 1. The third-order valence-corrected chi connectivity index (χ3v) is 3.06. The van der Waals surface area contributed by atoms with Crippen LogP contribution in [0.3, 0.4) is 0 Å². The summed E-state index contributed by atoms with van der Waals surface area (Å²) in [7, 11) is 0. The Balaban J connectivity index is 2.63. The molecule has 0 aliphatic rings. The maximum absolute atomic E-state index is 13.6. The van der Waals surface area contributed by atoms with E-state index in [4.69, 9.17) is 17.4 Å². The van der Waals surface area contributed by atoms with Gasteiger partial charge in [0.1, 0.15) is 5.82 Å². The lowest BCUT2D eigenvalue weighted by atomic mass is 10.0. The summed E-state index contributed by atoms with van der Waals surface area (Å²) in [5.74, 6) is 5.19. The molecule has 0 amide bonds. The second kappa shape index (κ2) is 7.43. The molecule has 0 heterocycles. The number of rotatable bonds is 7. The molecule has 17 heavy (non-hydrogen) atoms. The summed E-state index contributed by atoms with van der Waals surface area (Å²) in [5, 5.41) is 0.453. The van der Waals surface area contributed by atoms with Crippen molar-refractivity contribution in [3.8, 4) is 0 Å². The maximum Gasteiger partial charge on any atom is 0.127 e. The molecule has 1 rings (SSSR count). The van der Waals surface area contributed by atoms with Crippen molar-refractivity contribution >= 4 is 11.6 Å². The highest BCUT2D eigenvalue weighted by atomic mass is 35.5. The molecule has 94 valence electrons. The molecule has 4 heteroatoms. The second-order valence-corrected chi connectivity index (χ2v) is 4.39. The van der Waals surface area contributed by atoms with Gasteiger partial charge in [-0.1, -0.05) is 23.7 Å². The minimum absolute atomic E-state index is 0.0318. The van der Waals surface area contributed by atoms with E-state index >= 15 is 0 Å². The van der Waals surface area contributed by atoms with Gasteiger partial charge in [-0.2, -0.15) is 0 Å². The number of benzene rings is 1. The zero-order chi connectivity index (χ0) is 12.7. The minimum Gasteiger partial charge on any atom is -0.271 e. The van der Waals surface area contributed by atoms with E-state index in [1.165, 1.54) is 6.07 Å². The largest absolute Gasteiger partial charge is 0.271 e. The highest BCUT2D eigenvalue weighted by Gasteiger charge is 2.13. The van der Waals surface area contributed by atoms with Gasteiger partial charge >= 0.3 is 0 Å². The number of hydrazine groups is 1. The second-order valence-electron chi connectivity index (χ2n) is 3.99. The van der Waals surface area contributed by atoms with Gasteiger partial charge in [0.05, 0.1) is 0 Å². The van der Waals surface area contributed by atoms with Crippen LogP contribution in [0.1, 0.15) is 24.8 Å². The third-order valence-electron chi connectivity index (χ3n) is 2.71. The van der Waals surface area contributed by atoms with Crippen LogP contribution >= 0.6 is 11.6 Å². The molecule has 0 saturated carbocycles. The lowest BCUT2D eigenvalue weighted by Gasteiger charge is -2.16. The number of allylic oxidation sites excluding steroid dienone is 1. The lowest BCUT2D eigenvalue weighted by molar-refractivity contribution is 0.468. The van der Waals surface area contributed by atoms with Crippen LogP contribution in [0.15, 0.2) is 30.9 Å². The first-order valence-electron chi connectivity index (χ1n) is 5.69. The van der Waals surface area contributed by atoms with Crippen molar-refractivity contribution < 1.29 is 4.39 Å². The molecule has 0 radical (unpaired) electrons. The topological polar surface area (TPSA) is 38.0 Å². The molecule has 0 bridgehead atoms. The Morgan fingerprint density at radius 1 is 1.53 bits per heavy atom. The van der Waals surface area contributed by atoms with Crippen molar-refractivity contribution in [3.05, 3.63) is 47.3 Å². The fourth-order valence-electron chi connectivity index (χ4n) is 1.73. The standard InChI is InChI=1S/C13H18ClFN2/c1-2-3-4-6-10(17-16)9-11-12(14)7-5-8-13(11)15/h2,5,7-8,10,17H,1,3-4,6,9,16H2. The van der Waals surface area contributed by atoms with Crippen LogP contribution in [0.25, 0.3) is 0 Å². The highest BCUT2D eigenvalue weighted by Crippen LogP contribution is 2.21. The predicted molar refractivity (Wildman–Crippen MR) is 70.3 cm³/mol. The Labute approximate surface area is 107 Å². The number of hydrogen-bond acceptors (Lipinski definition) is 2. The summed E-state index contributed by atoms with van der Waals surface area (Å²) in [4.78, 5) is 0. The number of nitrogens with one attached hydrogen (secondary N) is 1. The Morgan fingerprint density at radius 3 is 2.88 bits per heavy atom. The van der Waals surface area contributed by atoms with Crippen LogP contribution < -0.4 is 11.3 Å². The minimum atomic E-state index is -0.276. The molecule has 1 aromatic carbocycles. The monoisotopic (exact) mass is 256 g/mol. The third kappa shape index (κ3) is 4.46. The van der Waals surface area contributed by atoms with Crippen molar-refractivity contribution in [3.63, 3.8) is 0 Å². The smallest absolute Gasteiger partial charge is 0.127 e. The van der Waals surface area contributed by atoms with E-state index in [1.54, 1.807) is 12.1 Å². The number of nitrogens with two attached hydrogens (primary N) is 1. The van der Waals surface area contributed by atoms with E-state index < -0.39 is 0 Å². The van der Waals surface area contributed by atoms with Crippen molar-refractivity contribution in [1.29, 1.82) is 0 Å². The van der Waals surface area contributed by atoms with Crippen LogP contribution in [0.4, 0.5) is 4.39 Å². The van der Waals surface area contributed by atoms with Gasteiger partial charge in [0.25, 0.3) is 0 Å². The molecule has 3 N–H and O–H groups in total. The van der Waals surface area contributed by atoms with Crippen molar-refractivity contribution in [2.75, 3.05) is 0 Å². The number of hydrogen-bond donors (Lipinski definition) is 2. The number of halogens is 2. The van der Waals surface area contributed by atoms with Crippen LogP contribution in [0, 0.1) is 5.82 Å². The summed E-state index contributed by atoms with van der Waals surface area (Å²) >= 11 is 5.97. The fraction of sp³-hybridized carbons (Fsp3) is 0.385. The highest BCUT2D eigenvalue weighted by molar-refractivity contribution is 6.31. The molecule has 0 aliphatic heterocycles. The molecular formula is C13H18ClFN2. The van der Waals surface area contributed by atoms with E-state index in [0.29, 0.717) is 17.0 Å². The molecule has 1 aromatic rings. The summed E-state index contributed by atoms with van der Waals surface area (Å²) in [5.41, 5.74) is 3.23. The van der Waals surface area contributed by atoms with Gasteiger partial charge in [0.2, 0.25) is 0 Å². The summed E-state index contributed by atoms with van der Waals surface area (Å²) in [6.07, 6.45) is 5.14. The van der Waals surface area contributed by atoms with Gasteiger partial charge in [0, 0.05) is 16.6 Å². The van der Waals surface area contributed by atoms with Gasteiger partial charge in [0.15, 0.2) is 0 Å². The van der Waals surface area contributed by atoms with Gasteiger partial charge < -0.3 is 0 Å². The Kier molecular flexibility index (Phi) is 6.19. The zero-order valence-corrected chi connectivity index (χ0v) is 10.5. The van der Waals surface area contributed by atoms with E-state index in [0.717, 1.165) is 19.3 Å². The van der Waals surface area contributed by atoms with Gasteiger partial charge in [-0.25, -0.2) is 4.39 Å². The molecule has 1 atom stereocenters. The van der Waals surface area contributed by atoms with E-state index in [1.807, 2.05) is 6.08 Å². The zero-order valence-electron chi connectivity index (χ0n) is 9.76. The van der Waals surface area contributed by atoms with Crippen LogP contribution in [0.5, 0.6) is 0 Å². The summed E-state index contributed by atoms with van der Waals surface area (Å²) in [6, 6.07) is 4.74. The Morgan fingerprint density at radius 2 is 2.29 bits per heavy atom. The lowest BCUT2D eigenvalue weighted by Crippen LogP contribution is -2.37. The summed E-state index contributed by atoms with van der Waals surface area (Å²) in [6.45, 7) is 3.66. The first kappa shape index (κ1) is 14.2. The van der Waals surface area contributed by atoms with E-state index in [9.17, 15) is 4.39 Å². The quantitative estimate of drug-likeness (QED) is 0.340. The maximum atomic E-state index is 13.6. The van der Waals surface area contributed by atoms with Gasteiger partial charge in [-0.3, -0.25) is 11.3 Å². The average molecular weight is 257 g/mol. The molecule has 1 unspecified atom stereocenters. The molecule has 2 nitrogen and oxygen atoms in total. The van der Waals surface area contributed by atoms with Crippen molar-refractivity contribution in [2.24, 2.45) is 5.84 Å². The van der Waals surface area contributed by atoms with Crippen molar-refractivity contribution in [1.82, 2.24) is 5.43 Å². The first-order chi connectivity index (χ1) is 8.19. The molecular weight excluding hydrogens is 239 g/mol. The molecule has 0 spiro atoms. The molecule has 0 aliphatic carbocycles. The van der Waals surface area contributed by atoms with E-state index in [-0.39, 0.29) is 11.9 Å².